The zero-order valence-corrected chi connectivity index (χ0v) is 11.3. The summed E-state index contributed by atoms with van der Waals surface area (Å²) in [5.41, 5.74) is 0.928. The Bertz CT molecular complexity index is 373. The van der Waals surface area contributed by atoms with Crippen LogP contribution in [0.3, 0.4) is 0 Å². The molecule has 17 heavy (non-hydrogen) atoms. The van der Waals surface area contributed by atoms with Crippen LogP contribution in [0.4, 0.5) is 0 Å². The van der Waals surface area contributed by atoms with E-state index in [9.17, 15) is 4.79 Å². The van der Waals surface area contributed by atoms with Crippen molar-refractivity contribution in [2.24, 2.45) is 0 Å². The maximum atomic E-state index is 11.5. The van der Waals surface area contributed by atoms with Gasteiger partial charge in [0, 0.05) is 0 Å². The molecule has 0 saturated heterocycles. The van der Waals surface area contributed by atoms with Crippen molar-refractivity contribution in [3.63, 3.8) is 0 Å². The fourth-order valence-corrected chi connectivity index (χ4v) is 1.61. The van der Waals surface area contributed by atoms with Gasteiger partial charge in [-0.3, -0.25) is 4.79 Å². The Morgan fingerprint density at radius 3 is 2.65 bits per heavy atom. The summed E-state index contributed by atoms with van der Waals surface area (Å²) in [5, 5.41) is 0. The highest BCUT2D eigenvalue weighted by Gasteiger charge is 2.14. The molecule has 0 spiro atoms. The average Bonchev–Trinajstić information content (AvgIpc) is 2.36. The summed E-state index contributed by atoms with van der Waals surface area (Å²) in [5.74, 6) is 0.505. The van der Waals surface area contributed by atoms with Gasteiger partial charge >= 0.3 is 5.97 Å². The number of methoxy groups -OCH3 is 1. The van der Waals surface area contributed by atoms with Crippen LogP contribution < -0.4 is 4.74 Å². The van der Waals surface area contributed by atoms with Gasteiger partial charge < -0.3 is 9.47 Å². The Hall–Kier alpha value is -1.29. The van der Waals surface area contributed by atoms with E-state index in [1.54, 1.807) is 13.2 Å². The van der Waals surface area contributed by atoms with E-state index in [1.165, 1.54) is 0 Å². The van der Waals surface area contributed by atoms with Gasteiger partial charge in [-0.2, -0.15) is 0 Å². The van der Waals surface area contributed by atoms with E-state index in [4.69, 9.17) is 9.47 Å². The first-order valence-electron chi connectivity index (χ1n) is 5.22. The quantitative estimate of drug-likeness (QED) is 0.460. The van der Waals surface area contributed by atoms with Gasteiger partial charge in [0.25, 0.3) is 0 Å². The van der Waals surface area contributed by atoms with Crippen molar-refractivity contribution in [1.82, 2.24) is 0 Å². The molecule has 0 N–H and O–H groups in total. The van der Waals surface area contributed by atoms with Crippen LogP contribution in [-0.4, -0.2) is 17.9 Å². The summed E-state index contributed by atoms with van der Waals surface area (Å²) in [6.45, 7) is 3.83. The fourth-order valence-electron chi connectivity index (χ4n) is 1.21. The molecule has 1 aromatic carbocycles. The summed E-state index contributed by atoms with van der Waals surface area (Å²) < 4.78 is 10.2. The van der Waals surface area contributed by atoms with Crippen molar-refractivity contribution in [1.29, 1.82) is 0 Å². The third-order valence-electron chi connectivity index (χ3n) is 2.17. The van der Waals surface area contributed by atoms with Crippen LogP contribution in [0.1, 0.15) is 12.0 Å². The number of rotatable bonds is 6. The van der Waals surface area contributed by atoms with Gasteiger partial charge in [0.1, 0.15) is 17.2 Å². The molecule has 0 aliphatic rings. The fraction of sp³-hybridized carbons (Fsp3) is 0.308. The number of halogens is 1. The molecule has 0 aliphatic heterocycles. The monoisotopic (exact) mass is 298 g/mol. The molecule has 0 amide bonds. The minimum Gasteiger partial charge on any atom is -0.497 e. The number of hydrogen-bond acceptors (Lipinski definition) is 3. The lowest BCUT2D eigenvalue weighted by Crippen LogP contribution is -2.16. The number of hydrogen-bond donors (Lipinski definition) is 0. The first kappa shape index (κ1) is 13.8. The molecule has 92 valence electrons. The molecule has 0 radical (unpaired) electrons. The summed E-state index contributed by atoms with van der Waals surface area (Å²) >= 11 is 3.23. The third-order valence-corrected chi connectivity index (χ3v) is 2.92. The third kappa shape index (κ3) is 4.61. The number of benzene rings is 1. The molecule has 0 fully saturated rings. The molecule has 0 bridgehead atoms. The van der Waals surface area contributed by atoms with Gasteiger partial charge in [-0.15, -0.1) is 6.58 Å². The molecule has 1 rings (SSSR count). The first-order valence-corrected chi connectivity index (χ1v) is 6.13. The van der Waals surface area contributed by atoms with E-state index < -0.39 is 0 Å². The van der Waals surface area contributed by atoms with Crippen molar-refractivity contribution in [3.05, 3.63) is 42.5 Å². The Morgan fingerprint density at radius 1 is 1.47 bits per heavy atom. The number of carbonyl (C=O) groups is 1. The van der Waals surface area contributed by atoms with Crippen LogP contribution in [0, 0.1) is 0 Å². The van der Waals surface area contributed by atoms with E-state index in [-0.39, 0.29) is 17.4 Å². The molecular weight excluding hydrogens is 284 g/mol. The largest absolute Gasteiger partial charge is 0.497 e. The van der Waals surface area contributed by atoms with Gasteiger partial charge in [-0.1, -0.05) is 34.1 Å². The second-order valence-corrected chi connectivity index (χ2v) is 4.55. The molecule has 4 heteroatoms. The molecule has 1 aromatic rings. The van der Waals surface area contributed by atoms with Crippen LogP contribution in [-0.2, 0) is 16.1 Å². The zero-order valence-electron chi connectivity index (χ0n) is 9.69. The predicted octanol–water partition coefficient (Wildman–Crippen LogP) is 3.08. The van der Waals surface area contributed by atoms with E-state index in [1.807, 2.05) is 24.3 Å². The summed E-state index contributed by atoms with van der Waals surface area (Å²) in [6.07, 6.45) is 2.23. The lowest BCUT2D eigenvalue weighted by atomic mass is 10.2. The van der Waals surface area contributed by atoms with Gasteiger partial charge in [-0.05, 0) is 24.1 Å². The molecule has 0 aromatic heterocycles. The van der Waals surface area contributed by atoms with Gasteiger partial charge in [-0.25, -0.2) is 0 Å². The normalized spacial score (nSPS) is 11.6. The Kier molecular flexibility index (Phi) is 5.77. The molecule has 0 heterocycles. The predicted molar refractivity (Wildman–Crippen MR) is 70.3 cm³/mol. The number of allylic oxidation sites excluding steroid dienone is 1. The van der Waals surface area contributed by atoms with Gasteiger partial charge in [0.2, 0.25) is 0 Å². The maximum absolute atomic E-state index is 11.5. The van der Waals surface area contributed by atoms with Crippen molar-refractivity contribution in [3.8, 4) is 5.75 Å². The van der Waals surface area contributed by atoms with E-state index in [2.05, 4.69) is 22.5 Å². The SMILES string of the molecule is C=CCC(Br)C(=O)OCc1ccc(OC)cc1. The standard InChI is InChI=1S/C13H15BrO3/c1-3-4-12(14)13(15)17-9-10-5-7-11(16-2)8-6-10/h3,5-8,12H,1,4,9H2,2H3. The molecular formula is C13H15BrO3. The Morgan fingerprint density at radius 2 is 2.12 bits per heavy atom. The Balaban J connectivity index is 2.44. The molecule has 0 saturated carbocycles. The van der Waals surface area contributed by atoms with Crippen molar-refractivity contribution in [2.75, 3.05) is 7.11 Å². The number of carbonyl (C=O) groups excluding carboxylic acids is 1. The summed E-state index contributed by atoms with van der Waals surface area (Å²) in [6, 6.07) is 7.39. The average molecular weight is 299 g/mol. The number of esters is 1. The van der Waals surface area contributed by atoms with E-state index in [0.717, 1.165) is 11.3 Å². The topological polar surface area (TPSA) is 35.5 Å². The maximum Gasteiger partial charge on any atom is 0.320 e. The minimum absolute atomic E-state index is 0.266. The molecule has 3 nitrogen and oxygen atoms in total. The van der Waals surface area contributed by atoms with Gasteiger partial charge in [0.15, 0.2) is 0 Å². The van der Waals surface area contributed by atoms with E-state index >= 15 is 0 Å². The molecule has 0 aliphatic carbocycles. The smallest absolute Gasteiger partial charge is 0.320 e. The van der Waals surface area contributed by atoms with E-state index in [0.29, 0.717) is 6.42 Å². The molecule has 1 atom stereocenters. The second kappa shape index (κ2) is 7.12. The van der Waals surface area contributed by atoms with Crippen LogP contribution in [0.2, 0.25) is 0 Å². The van der Waals surface area contributed by atoms with Crippen LogP contribution in [0.25, 0.3) is 0 Å². The van der Waals surface area contributed by atoms with Crippen molar-refractivity contribution >= 4 is 21.9 Å². The summed E-state index contributed by atoms with van der Waals surface area (Å²) in [7, 11) is 1.61. The van der Waals surface area contributed by atoms with Crippen molar-refractivity contribution < 1.29 is 14.3 Å². The highest BCUT2D eigenvalue weighted by Crippen LogP contribution is 2.13. The number of alkyl halides is 1. The lowest BCUT2D eigenvalue weighted by Gasteiger charge is -2.08. The number of ether oxygens (including phenoxy) is 2. The van der Waals surface area contributed by atoms with Crippen LogP contribution >= 0.6 is 15.9 Å². The second-order valence-electron chi connectivity index (χ2n) is 3.45. The van der Waals surface area contributed by atoms with Crippen LogP contribution in [0.15, 0.2) is 36.9 Å². The lowest BCUT2D eigenvalue weighted by molar-refractivity contribution is -0.144. The van der Waals surface area contributed by atoms with Crippen LogP contribution in [0.5, 0.6) is 5.75 Å². The molecule has 1 unspecified atom stereocenters. The minimum atomic E-state index is -0.321. The first-order chi connectivity index (χ1) is 8.17. The highest BCUT2D eigenvalue weighted by atomic mass is 79.9. The zero-order chi connectivity index (χ0) is 12.7. The summed E-state index contributed by atoms with van der Waals surface area (Å²) in [4.78, 5) is 11.2. The highest BCUT2D eigenvalue weighted by molar-refractivity contribution is 9.10. The van der Waals surface area contributed by atoms with Crippen molar-refractivity contribution in [2.45, 2.75) is 17.9 Å². The van der Waals surface area contributed by atoms with Gasteiger partial charge in [0.05, 0.1) is 7.11 Å². The Labute approximate surface area is 110 Å².